The van der Waals surface area contributed by atoms with Gasteiger partial charge in [-0.1, -0.05) is 25.5 Å². The van der Waals surface area contributed by atoms with Crippen LogP contribution in [0.4, 0.5) is 5.69 Å². The molecule has 5 nitrogen and oxygen atoms in total. The van der Waals surface area contributed by atoms with Crippen LogP contribution in [0, 0.1) is 0 Å². The zero-order valence-electron chi connectivity index (χ0n) is 12.7. The summed E-state index contributed by atoms with van der Waals surface area (Å²) in [7, 11) is 0. The predicted octanol–water partition coefficient (Wildman–Crippen LogP) is 3.17. The first kappa shape index (κ1) is 13.8. The van der Waals surface area contributed by atoms with Gasteiger partial charge in [0.05, 0.1) is 16.8 Å². The van der Waals surface area contributed by atoms with Gasteiger partial charge in [0.2, 0.25) is 6.79 Å². The Morgan fingerprint density at radius 2 is 1.61 bits per heavy atom. The molecule has 0 spiro atoms. The van der Waals surface area contributed by atoms with E-state index in [2.05, 4.69) is 6.92 Å². The SMILES string of the molecule is CCCc1cc2c(cc1N1C(=O)c3ccccc3C1=O)OCO2. The van der Waals surface area contributed by atoms with Gasteiger partial charge < -0.3 is 9.47 Å². The van der Waals surface area contributed by atoms with Gasteiger partial charge in [0.25, 0.3) is 11.8 Å². The van der Waals surface area contributed by atoms with E-state index in [9.17, 15) is 9.59 Å². The van der Waals surface area contributed by atoms with Crippen molar-refractivity contribution in [2.24, 2.45) is 0 Å². The number of carbonyl (C=O) groups is 2. The van der Waals surface area contributed by atoms with Crippen LogP contribution in [0.2, 0.25) is 0 Å². The molecular formula is C18H15NO4. The molecule has 2 amide bonds. The monoisotopic (exact) mass is 309 g/mol. The number of ether oxygens (including phenoxy) is 2. The Bertz CT molecular complexity index is 793. The summed E-state index contributed by atoms with van der Waals surface area (Å²) in [5, 5.41) is 0. The highest BCUT2D eigenvalue weighted by Crippen LogP contribution is 2.41. The van der Waals surface area contributed by atoms with E-state index in [4.69, 9.17) is 9.47 Å². The van der Waals surface area contributed by atoms with Crippen molar-refractivity contribution < 1.29 is 19.1 Å². The summed E-state index contributed by atoms with van der Waals surface area (Å²) in [5.74, 6) is 0.647. The Hall–Kier alpha value is -2.82. The molecule has 2 aliphatic rings. The quantitative estimate of drug-likeness (QED) is 0.817. The lowest BCUT2D eigenvalue weighted by molar-refractivity contribution is 0.0926. The minimum atomic E-state index is -0.290. The molecule has 0 saturated heterocycles. The zero-order chi connectivity index (χ0) is 16.0. The Morgan fingerprint density at radius 1 is 1.00 bits per heavy atom. The van der Waals surface area contributed by atoms with E-state index >= 15 is 0 Å². The zero-order valence-corrected chi connectivity index (χ0v) is 12.7. The standard InChI is InChI=1S/C18H15NO4/c1-2-5-11-8-15-16(23-10-22-15)9-14(11)19-17(20)12-6-3-4-7-13(12)18(19)21/h3-4,6-9H,2,5,10H2,1H3. The van der Waals surface area contributed by atoms with Crippen LogP contribution in [0.15, 0.2) is 36.4 Å². The molecule has 0 fully saturated rings. The number of imide groups is 1. The third kappa shape index (κ3) is 2.00. The van der Waals surface area contributed by atoms with Gasteiger partial charge in [-0.3, -0.25) is 9.59 Å². The molecule has 116 valence electrons. The second-order valence-electron chi connectivity index (χ2n) is 5.58. The predicted molar refractivity (Wildman–Crippen MR) is 84.1 cm³/mol. The molecule has 5 heteroatoms. The van der Waals surface area contributed by atoms with E-state index in [-0.39, 0.29) is 18.6 Å². The van der Waals surface area contributed by atoms with Crippen LogP contribution in [0.3, 0.4) is 0 Å². The van der Waals surface area contributed by atoms with Crippen molar-refractivity contribution in [1.82, 2.24) is 0 Å². The summed E-state index contributed by atoms with van der Waals surface area (Å²) in [6, 6.07) is 10.5. The summed E-state index contributed by atoms with van der Waals surface area (Å²) in [4.78, 5) is 26.6. The summed E-state index contributed by atoms with van der Waals surface area (Å²) >= 11 is 0. The van der Waals surface area contributed by atoms with E-state index < -0.39 is 0 Å². The fourth-order valence-corrected chi connectivity index (χ4v) is 3.06. The molecule has 0 atom stereocenters. The lowest BCUT2D eigenvalue weighted by Crippen LogP contribution is -2.30. The van der Waals surface area contributed by atoms with E-state index in [1.54, 1.807) is 30.3 Å². The van der Waals surface area contributed by atoms with Gasteiger partial charge in [0.15, 0.2) is 11.5 Å². The van der Waals surface area contributed by atoms with Crippen LogP contribution >= 0.6 is 0 Å². The summed E-state index contributed by atoms with van der Waals surface area (Å²) < 4.78 is 10.8. The number of hydrogen-bond donors (Lipinski definition) is 0. The van der Waals surface area contributed by atoms with E-state index in [0.717, 1.165) is 18.4 Å². The molecule has 23 heavy (non-hydrogen) atoms. The van der Waals surface area contributed by atoms with Crippen molar-refractivity contribution in [3.8, 4) is 11.5 Å². The Kier molecular flexibility index (Phi) is 3.08. The lowest BCUT2D eigenvalue weighted by atomic mass is 10.1. The molecule has 2 heterocycles. The first-order valence-electron chi connectivity index (χ1n) is 7.61. The molecule has 2 aliphatic heterocycles. The topological polar surface area (TPSA) is 55.8 Å². The van der Waals surface area contributed by atoms with Crippen LogP contribution in [0.25, 0.3) is 0 Å². The van der Waals surface area contributed by atoms with Gasteiger partial charge >= 0.3 is 0 Å². The minimum absolute atomic E-state index is 0.159. The largest absolute Gasteiger partial charge is 0.454 e. The molecule has 2 aromatic carbocycles. The third-order valence-corrected chi connectivity index (χ3v) is 4.13. The second-order valence-corrected chi connectivity index (χ2v) is 5.58. The number of amides is 2. The average molecular weight is 309 g/mol. The van der Waals surface area contributed by atoms with Crippen LogP contribution < -0.4 is 14.4 Å². The second kappa shape index (κ2) is 5.12. The number of aryl methyl sites for hydroxylation is 1. The van der Waals surface area contributed by atoms with Crippen molar-refractivity contribution in [2.45, 2.75) is 19.8 Å². The van der Waals surface area contributed by atoms with Crippen molar-refractivity contribution in [3.05, 3.63) is 53.1 Å². The molecule has 0 saturated carbocycles. The fourth-order valence-electron chi connectivity index (χ4n) is 3.06. The number of carbonyl (C=O) groups excluding carboxylic acids is 2. The molecule has 4 rings (SSSR count). The molecule has 0 aliphatic carbocycles. The number of anilines is 1. The minimum Gasteiger partial charge on any atom is -0.454 e. The van der Waals surface area contributed by atoms with E-state index in [0.29, 0.717) is 28.3 Å². The van der Waals surface area contributed by atoms with Crippen LogP contribution in [0.5, 0.6) is 11.5 Å². The number of fused-ring (bicyclic) bond motifs is 2. The first-order chi connectivity index (χ1) is 11.2. The summed E-state index contributed by atoms with van der Waals surface area (Å²) in [6.45, 7) is 2.21. The molecule has 2 aromatic rings. The average Bonchev–Trinajstić information content (AvgIpc) is 3.11. The number of rotatable bonds is 3. The molecular weight excluding hydrogens is 294 g/mol. The molecule has 0 radical (unpaired) electrons. The molecule has 0 N–H and O–H groups in total. The molecule has 0 unspecified atom stereocenters. The molecule has 0 aromatic heterocycles. The fraction of sp³-hybridized carbons (Fsp3) is 0.222. The number of nitrogens with zero attached hydrogens (tertiary/aromatic N) is 1. The maximum Gasteiger partial charge on any atom is 0.266 e. The Labute approximate surface area is 133 Å². The normalized spacial score (nSPS) is 15.3. The summed E-state index contributed by atoms with van der Waals surface area (Å²) in [5.41, 5.74) is 2.38. The van der Waals surface area contributed by atoms with Gasteiger partial charge in [-0.05, 0) is 30.2 Å². The summed E-state index contributed by atoms with van der Waals surface area (Å²) in [6.07, 6.45) is 1.65. The van der Waals surface area contributed by atoms with Crippen molar-refractivity contribution in [1.29, 1.82) is 0 Å². The van der Waals surface area contributed by atoms with E-state index in [1.165, 1.54) is 4.90 Å². The van der Waals surface area contributed by atoms with Crippen molar-refractivity contribution >= 4 is 17.5 Å². The Balaban J connectivity index is 1.85. The van der Waals surface area contributed by atoms with Crippen LogP contribution in [0.1, 0.15) is 39.6 Å². The van der Waals surface area contributed by atoms with Gasteiger partial charge in [0.1, 0.15) is 0 Å². The third-order valence-electron chi connectivity index (χ3n) is 4.13. The van der Waals surface area contributed by atoms with Gasteiger partial charge in [-0.2, -0.15) is 0 Å². The van der Waals surface area contributed by atoms with Crippen LogP contribution in [-0.2, 0) is 6.42 Å². The van der Waals surface area contributed by atoms with Crippen molar-refractivity contribution in [2.75, 3.05) is 11.7 Å². The van der Waals surface area contributed by atoms with Crippen molar-refractivity contribution in [3.63, 3.8) is 0 Å². The number of benzene rings is 2. The smallest absolute Gasteiger partial charge is 0.266 e. The van der Waals surface area contributed by atoms with Gasteiger partial charge in [-0.25, -0.2) is 4.90 Å². The first-order valence-corrected chi connectivity index (χ1v) is 7.61. The highest BCUT2D eigenvalue weighted by Gasteiger charge is 2.38. The van der Waals surface area contributed by atoms with Crippen LogP contribution in [-0.4, -0.2) is 18.6 Å². The Morgan fingerprint density at radius 3 is 2.22 bits per heavy atom. The maximum absolute atomic E-state index is 12.7. The number of hydrogen-bond acceptors (Lipinski definition) is 4. The maximum atomic E-state index is 12.7. The van der Waals surface area contributed by atoms with E-state index in [1.807, 2.05) is 6.07 Å². The molecule has 0 bridgehead atoms. The lowest BCUT2D eigenvalue weighted by Gasteiger charge is -2.18. The highest BCUT2D eigenvalue weighted by atomic mass is 16.7. The highest BCUT2D eigenvalue weighted by molar-refractivity contribution is 6.34. The van der Waals surface area contributed by atoms with Gasteiger partial charge in [-0.15, -0.1) is 0 Å². The van der Waals surface area contributed by atoms with Gasteiger partial charge in [0, 0.05) is 6.07 Å².